The van der Waals surface area contributed by atoms with E-state index in [4.69, 9.17) is 0 Å². The van der Waals surface area contributed by atoms with Gasteiger partial charge in [-0.25, -0.2) is 4.98 Å². The molecule has 0 bridgehead atoms. The third-order valence-electron chi connectivity index (χ3n) is 1.37. The molecule has 5 nitrogen and oxygen atoms in total. The number of carbonyl (C=O) groups is 1. The average Bonchev–Trinajstić information content (AvgIpc) is 2.34. The number of carbonyl (C=O) groups excluding carboxylic acids is 1. The SMILES string of the molecule is Cn1cnc(C([NH3+])C(=O)[O-])c1. The number of rotatable bonds is 2. The topological polar surface area (TPSA) is 85.6 Å². The number of hydrogen-bond donors (Lipinski definition) is 1. The van der Waals surface area contributed by atoms with Crippen LogP contribution in [0.3, 0.4) is 0 Å². The molecule has 0 aromatic carbocycles. The summed E-state index contributed by atoms with van der Waals surface area (Å²) in [5, 5.41) is 10.3. The van der Waals surface area contributed by atoms with Crippen molar-refractivity contribution in [1.82, 2.24) is 9.55 Å². The van der Waals surface area contributed by atoms with E-state index in [9.17, 15) is 9.90 Å². The molecule has 3 N–H and O–H groups in total. The zero-order chi connectivity index (χ0) is 8.43. The van der Waals surface area contributed by atoms with Gasteiger partial charge in [-0.3, -0.25) is 0 Å². The monoisotopic (exact) mass is 155 g/mol. The first kappa shape index (κ1) is 7.74. The van der Waals surface area contributed by atoms with Crippen LogP contribution in [-0.4, -0.2) is 15.5 Å². The van der Waals surface area contributed by atoms with Crippen LogP contribution < -0.4 is 10.8 Å². The average molecular weight is 155 g/mol. The van der Waals surface area contributed by atoms with Gasteiger partial charge in [0.1, 0.15) is 11.7 Å². The van der Waals surface area contributed by atoms with E-state index in [1.807, 2.05) is 0 Å². The molecule has 0 saturated heterocycles. The predicted octanol–water partition coefficient (Wildman–Crippen LogP) is -2.55. The van der Waals surface area contributed by atoms with Crippen molar-refractivity contribution in [2.75, 3.05) is 0 Å². The smallest absolute Gasteiger partial charge is 0.169 e. The molecule has 1 atom stereocenters. The highest BCUT2D eigenvalue weighted by molar-refractivity contribution is 5.70. The quantitative estimate of drug-likeness (QED) is 0.510. The lowest BCUT2D eigenvalue weighted by Crippen LogP contribution is -2.61. The summed E-state index contributed by atoms with van der Waals surface area (Å²) in [6.07, 6.45) is 3.13. The van der Waals surface area contributed by atoms with Crippen LogP contribution >= 0.6 is 0 Å². The molecule has 0 saturated carbocycles. The highest BCUT2D eigenvalue weighted by atomic mass is 16.4. The highest BCUT2D eigenvalue weighted by Gasteiger charge is 2.12. The van der Waals surface area contributed by atoms with Crippen molar-refractivity contribution in [3.05, 3.63) is 18.2 Å². The summed E-state index contributed by atoms with van der Waals surface area (Å²) in [5.74, 6) is -1.20. The van der Waals surface area contributed by atoms with Gasteiger partial charge >= 0.3 is 0 Å². The van der Waals surface area contributed by atoms with Crippen molar-refractivity contribution >= 4 is 5.97 Å². The Hall–Kier alpha value is -1.36. The second kappa shape index (κ2) is 2.71. The van der Waals surface area contributed by atoms with E-state index >= 15 is 0 Å². The Kier molecular flexibility index (Phi) is 1.91. The number of hydrogen-bond acceptors (Lipinski definition) is 3. The van der Waals surface area contributed by atoms with Gasteiger partial charge in [0.15, 0.2) is 6.04 Å². The van der Waals surface area contributed by atoms with Crippen LogP contribution in [0.2, 0.25) is 0 Å². The molecule has 11 heavy (non-hydrogen) atoms. The number of carboxylic acid groups (broad SMARTS) is 1. The fourth-order valence-corrected chi connectivity index (χ4v) is 0.734. The van der Waals surface area contributed by atoms with E-state index in [1.54, 1.807) is 17.8 Å². The summed E-state index contributed by atoms with van der Waals surface area (Å²) in [6, 6.07) is -0.879. The Morgan fingerprint density at radius 1 is 1.91 bits per heavy atom. The number of imidazole rings is 1. The summed E-state index contributed by atoms with van der Waals surface area (Å²) in [4.78, 5) is 14.1. The minimum atomic E-state index is -1.20. The van der Waals surface area contributed by atoms with Gasteiger partial charge in [-0.15, -0.1) is 0 Å². The maximum Gasteiger partial charge on any atom is 0.169 e. The van der Waals surface area contributed by atoms with Crippen LogP contribution in [0.5, 0.6) is 0 Å². The number of aryl methyl sites for hydroxylation is 1. The van der Waals surface area contributed by atoms with Crippen LogP contribution in [0.25, 0.3) is 0 Å². The molecule has 1 aromatic rings. The van der Waals surface area contributed by atoms with Crippen molar-refractivity contribution in [2.45, 2.75) is 6.04 Å². The van der Waals surface area contributed by atoms with Gasteiger partial charge < -0.3 is 20.2 Å². The molecule has 0 aliphatic heterocycles. The second-order valence-electron chi connectivity index (χ2n) is 2.34. The van der Waals surface area contributed by atoms with Crippen LogP contribution in [0.1, 0.15) is 11.7 Å². The third kappa shape index (κ3) is 1.56. The fourth-order valence-electron chi connectivity index (χ4n) is 0.734. The van der Waals surface area contributed by atoms with Crippen molar-refractivity contribution in [3.8, 4) is 0 Å². The largest absolute Gasteiger partial charge is 0.544 e. The van der Waals surface area contributed by atoms with Gasteiger partial charge in [0.05, 0.1) is 6.33 Å². The fraction of sp³-hybridized carbons (Fsp3) is 0.333. The van der Waals surface area contributed by atoms with E-state index in [0.29, 0.717) is 5.69 Å². The molecule has 0 amide bonds. The molecule has 5 heteroatoms. The minimum absolute atomic E-state index is 0.424. The summed E-state index contributed by atoms with van der Waals surface area (Å²) in [7, 11) is 1.76. The molecule has 1 unspecified atom stereocenters. The van der Waals surface area contributed by atoms with Crippen molar-refractivity contribution in [1.29, 1.82) is 0 Å². The molecule has 1 rings (SSSR count). The van der Waals surface area contributed by atoms with Crippen LogP contribution in [0.15, 0.2) is 12.5 Å². The normalized spacial score (nSPS) is 12.9. The maximum absolute atomic E-state index is 10.3. The van der Waals surface area contributed by atoms with Gasteiger partial charge in [0.2, 0.25) is 0 Å². The first-order chi connectivity index (χ1) is 5.11. The second-order valence-corrected chi connectivity index (χ2v) is 2.34. The Balaban J connectivity index is 2.84. The highest BCUT2D eigenvalue weighted by Crippen LogP contribution is 2.01. The lowest BCUT2D eigenvalue weighted by atomic mass is 10.2. The molecule has 0 aliphatic carbocycles. The molecule has 1 heterocycles. The zero-order valence-corrected chi connectivity index (χ0v) is 6.15. The first-order valence-electron chi connectivity index (χ1n) is 3.13. The van der Waals surface area contributed by atoms with Gasteiger partial charge in [0, 0.05) is 13.2 Å². The zero-order valence-electron chi connectivity index (χ0n) is 6.15. The number of quaternary nitrogens is 1. The minimum Gasteiger partial charge on any atom is -0.544 e. The molecule has 0 radical (unpaired) electrons. The molecule has 1 aromatic heterocycles. The lowest BCUT2D eigenvalue weighted by molar-refractivity contribution is -0.443. The van der Waals surface area contributed by atoms with Gasteiger partial charge in [-0.2, -0.15) is 0 Å². The van der Waals surface area contributed by atoms with E-state index in [0.717, 1.165) is 0 Å². The van der Waals surface area contributed by atoms with Crippen molar-refractivity contribution < 1.29 is 15.6 Å². The predicted molar refractivity (Wildman–Crippen MR) is 33.8 cm³/mol. The molecular formula is C6H9N3O2. The summed E-state index contributed by atoms with van der Waals surface area (Å²) < 4.78 is 1.66. The maximum atomic E-state index is 10.3. The molecule has 0 spiro atoms. The van der Waals surface area contributed by atoms with Crippen molar-refractivity contribution in [2.24, 2.45) is 7.05 Å². The number of carboxylic acids is 1. The number of aromatic nitrogens is 2. The van der Waals surface area contributed by atoms with Crippen LogP contribution in [-0.2, 0) is 11.8 Å². The summed E-state index contributed by atoms with van der Waals surface area (Å²) >= 11 is 0. The third-order valence-corrected chi connectivity index (χ3v) is 1.37. The van der Waals surface area contributed by atoms with E-state index in [1.165, 1.54) is 6.33 Å². The van der Waals surface area contributed by atoms with Gasteiger partial charge in [-0.1, -0.05) is 0 Å². The number of aliphatic carboxylic acids is 1. The van der Waals surface area contributed by atoms with E-state index in [-0.39, 0.29) is 0 Å². The molecule has 0 fully saturated rings. The Bertz CT molecular complexity index is 269. The Morgan fingerprint density at radius 3 is 2.91 bits per heavy atom. The summed E-state index contributed by atoms with van der Waals surface area (Å²) in [5.41, 5.74) is 3.81. The lowest BCUT2D eigenvalue weighted by Gasteiger charge is -2.04. The molecule has 0 aliphatic rings. The van der Waals surface area contributed by atoms with Crippen LogP contribution in [0, 0.1) is 0 Å². The van der Waals surface area contributed by atoms with E-state index < -0.39 is 12.0 Å². The molecular weight excluding hydrogens is 146 g/mol. The Morgan fingerprint density at radius 2 is 2.55 bits per heavy atom. The first-order valence-corrected chi connectivity index (χ1v) is 3.13. The van der Waals surface area contributed by atoms with Gasteiger partial charge in [-0.05, 0) is 0 Å². The Labute approximate surface area is 63.5 Å². The summed E-state index contributed by atoms with van der Waals surface area (Å²) in [6.45, 7) is 0. The standard InChI is InChI=1S/C6H9N3O2/c1-9-2-4(8-3-9)5(7)6(10)11/h2-3,5H,7H2,1H3,(H,10,11). The van der Waals surface area contributed by atoms with Crippen molar-refractivity contribution in [3.63, 3.8) is 0 Å². The van der Waals surface area contributed by atoms with Crippen LogP contribution in [0.4, 0.5) is 0 Å². The number of nitrogens with zero attached hydrogens (tertiary/aromatic N) is 2. The van der Waals surface area contributed by atoms with Gasteiger partial charge in [0.25, 0.3) is 0 Å². The van der Waals surface area contributed by atoms with E-state index in [2.05, 4.69) is 10.7 Å². The molecule has 60 valence electrons.